The first-order chi connectivity index (χ1) is 13.4. The minimum absolute atomic E-state index is 0.0822. The summed E-state index contributed by atoms with van der Waals surface area (Å²) in [7, 11) is 1.94. The largest absolute Gasteiger partial charge is 0.494 e. The zero-order chi connectivity index (χ0) is 20.5. The highest BCUT2D eigenvalue weighted by atomic mass is 35.5. The van der Waals surface area contributed by atoms with Crippen LogP contribution in [-0.2, 0) is 16.1 Å². The van der Waals surface area contributed by atoms with Crippen LogP contribution in [0, 0.1) is 6.92 Å². The highest BCUT2D eigenvalue weighted by Crippen LogP contribution is 2.22. The molecule has 0 heterocycles. The summed E-state index contributed by atoms with van der Waals surface area (Å²) < 4.78 is 5.43. The number of hydrogen-bond donors (Lipinski definition) is 3. The minimum atomic E-state index is -0.289. The summed E-state index contributed by atoms with van der Waals surface area (Å²) in [4.78, 5) is 25.2. The molecule has 7 heteroatoms. The lowest BCUT2D eigenvalue weighted by Gasteiger charge is -2.14. The summed E-state index contributed by atoms with van der Waals surface area (Å²) in [6.07, 6.45) is 0. The van der Waals surface area contributed by atoms with Crippen molar-refractivity contribution in [2.45, 2.75) is 20.4 Å². The van der Waals surface area contributed by atoms with E-state index in [0.29, 0.717) is 23.9 Å². The molecule has 150 valence electrons. The molecule has 6 nitrogen and oxygen atoms in total. The Balaban J connectivity index is 1.75. The molecule has 0 aliphatic carbocycles. The fraction of sp³-hybridized carbons (Fsp3) is 0.333. The highest BCUT2D eigenvalue weighted by Gasteiger charge is 2.13. The van der Waals surface area contributed by atoms with Crippen LogP contribution in [0.2, 0.25) is 5.02 Å². The fourth-order valence-electron chi connectivity index (χ4n) is 2.73. The fourth-order valence-corrected chi connectivity index (χ4v) is 2.91. The van der Waals surface area contributed by atoms with Crippen LogP contribution in [0.4, 0.5) is 5.69 Å². The van der Waals surface area contributed by atoms with E-state index in [1.165, 1.54) is 0 Å². The maximum Gasteiger partial charge on any atom is 0.275 e. The molecule has 0 bridgehead atoms. The molecule has 3 N–H and O–H groups in total. The van der Waals surface area contributed by atoms with Gasteiger partial charge in [-0.2, -0.15) is 0 Å². The number of ether oxygens (including phenoxy) is 1. The number of hydrogen-bond acceptors (Lipinski definition) is 3. The van der Waals surface area contributed by atoms with E-state index < -0.39 is 0 Å². The molecule has 0 saturated heterocycles. The van der Waals surface area contributed by atoms with Crippen molar-refractivity contribution in [2.75, 3.05) is 32.1 Å². The number of halogens is 1. The highest BCUT2D eigenvalue weighted by molar-refractivity contribution is 6.31. The second-order valence-electron chi connectivity index (χ2n) is 6.62. The van der Waals surface area contributed by atoms with Crippen LogP contribution >= 0.6 is 11.6 Å². The second kappa shape index (κ2) is 10.7. The second-order valence-corrected chi connectivity index (χ2v) is 7.03. The summed E-state index contributed by atoms with van der Waals surface area (Å²) in [6, 6.07) is 13.1. The number of amides is 2. The third-order valence-corrected chi connectivity index (χ3v) is 4.60. The zero-order valence-corrected chi connectivity index (χ0v) is 17.2. The Morgan fingerprint density at radius 1 is 1.11 bits per heavy atom. The van der Waals surface area contributed by atoms with Gasteiger partial charge in [-0.25, -0.2) is 0 Å². The van der Waals surface area contributed by atoms with Crippen LogP contribution in [0.15, 0.2) is 42.5 Å². The Bertz CT molecular complexity index is 809. The first-order valence-corrected chi connectivity index (χ1v) is 9.61. The lowest BCUT2D eigenvalue weighted by Crippen LogP contribution is -3.08. The van der Waals surface area contributed by atoms with Gasteiger partial charge >= 0.3 is 0 Å². The van der Waals surface area contributed by atoms with Gasteiger partial charge in [-0.05, 0) is 55.8 Å². The number of likely N-dealkylation sites (N-methyl/N-ethyl adjacent to an activating group) is 1. The number of rotatable bonds is 9. The molecule has 0 saturated carbocycles. The van der Waals surface area contributed by atoms with Crippen molar-refractivity contribution in [3.05, 3.63) is 58.6 Å². The molecule has 0 radical (unpaired) electrons. The van der Waals surface area contributed by atoms with Crippen molar-refractivity contribution in [3.63, 3.8) is 0 Å². The van der Waals surface area contributed by atoms with E-state index in [1.807, 2.05) is 45.2 Å². The number of nitrogens with one attached hydrogen (secondary N) is 3. The number of benzene rings is 2. The molecule has 2 aromatic rings. The van der Waals surface area contributed by atoms with Crippen molar-refractivity contribution >= 4 is 29.1 Å². The van der Waals surface area contributed by atoms with E-state index in [1.54, 1.807) is 18.2 Å². The lowest BCUT2D eigenvalue weighted by molar-refractivity contribution is -0.885. The van der Waals surface area contributed by atoms with Crippen LogP contribution in [0.1, 0.15) is 18.1 Å². The summed E-state index contributed by atoms with van der Waals surface area (Å²) in [5.41, 5.74) is 2.55. The summed E-state index contributed by atoms with van der Waals surface area (Å²) in [5, 5.41) is 6.00. The maximum atomic E-state index is 12.1. The summed E-state index contributed by atoms with van der Waals surface area (Å²) in [5.74, 6) is 0.367. The van der Waals surface area contributed by atoms with Crippen LogP contribution in [0.5, 0.6) is 5.75 Å². The molecule has 2 amide bonds. The number of carbonyl (C=O) groups is 2. The van der Waals surface area contributed by atoms with E-state index in [-0.39, 0.29) is 24.9 Å². The summed E-state index contributed by atoms with van der Waals surface area (Å²) in [6.45, 7) is 5.30. The van der Waals surface area contributed by atoms with Gasteiger partial charge in [0, 0.05) is 16.3 Å². The Labute approximate surface area is 170 Å². The van der Waals surface area contributed by atoms with E-state index >= 15 is 0 Å². The predicted molar refractivity (Wildman–Crippen MR) is 111 cm³/mol. The molecule has 0 spiro atoms. The van der Waals surface area contributed by atoms with Gasteiger partial charge in [-0.1, -0.05) is 17.7 Å². The zero-order valence-electron chi connectivity index (χ0n) is 16.5. The Hall–Kier alpha value is -2.57. The topological polar surface area (TPSA) is 71.9 Å². The Morgan fingerprint density at radius 3 is 2.50 bits per heavy atom. The van der Waals surface area contributed by atoms with Crippen molar-refractivity contribution in [1.82, 2.24) is 5.32 Å². The van der Waals surface area contributed by atoms with Crippen molar-refractivity contribution < 1.29 is 19.2 Å². The standard InChI is InChI=1S/C21H26ClN3O3/c1-4-28-17-10-8-16(9-11-17)13-25(3)14-21(27)23-12-20(26)24-19-7-5-6-18(22)15(19)2/h5-11H,4,12-14H2,1-3H3,(H,23,27)(H,24,26)/p+1. The van der Waals surface area contributed by atoms with Gasteiger partial charge in [0.25, 0.3) is 5.91 Å². The molecular weight excluding hydrogens is 378 g/mol. The quantitative estimate of drug-likeness (QED) is 0.597. The molecular formula is C21H27ClN3O3+. The van der Waals surface area contributed by atoms with E-state index in [4.69, 9.17) is 16.3 Å². The number of quaternary nitrogens is 1. The Morgan fingerprint density at radius 2 is 1.82 bits per heavy atom. The van der Waals surface area contributed by atoms with Gasteiger partial charge in [0.05, 0.1) is 20.2 Å². The van der Waals surface area contributed by atoms with Crippen molar-refractivity contribution in [1.29, 1.82) is 0 Å². The molecule has 2 rings (SSSR count). The average molecular weight is 405 g/mol. The summed E-state index contributed by atoms with van der Waals surface area (Å²) >= 11 is 6.04. The van der Waals surface area contributed by atoms with Crippen LogP contribution < -0.4 is 20.3 Å². The first-order valence-electron chi connectivity index (χ1n) is 9.23. The van der Waals surface area contributed by atoms with Gasteiger partial charge in [0.15, 0.2) is 6.54 Å². The average Bonchev–Trinajstić information content (AvgIpc) is 2.65. The maximum absolute atomic E-state index is 12.1. The van der Waals surface area contributed by atoms with Gasteiger partial charge in [-0.15, -0.1) is 0 Å². The Kier molecular flexibility index (Phi) is 8.29. The lowest BCUT2D eigenvalue weighted by atomic mass is 10.2. The molecule has 0 aromatic heterocycles. The number of carbonyl (C=O) groups excluding carboxylic acids is 2. The van der Waals surface area contributed by atoms with Crippen LogP contribution in [0.3, 0.4) is 0 Å². The van der Waals surface area contributed by atoms with E-state index in [0.717, 1.165) is 21.8 Å². The van der Waals surface area contributed by atoms with Gasteiger partial charge < -0.3 is 20.3 Å². The van der Waals surface area contributed by atoms with Crippen LogP contribution in [-0.4, -0.2) is 38.6 Å². The molecule has 0 aliphatic heterocycles. The molecule has 0 fully saturated rings. The minimum Gasteiger partial charge on any atom is -0.494 e. The third-order valence-electron chi connectivity index (χ3n) is 4.19. The monoisotopic (exact) mass is 404 g/mol. The van der Waals surface area contributed by atoms with Gasteiger partial charge in [-0.3, -0.25) is 9.59 Å². The van der Waals surface area contributed by atoms with Gasteiger partial charge in [0.1, 0.15) is 12.3 Å². The van der Waals surface area contributed by atoms with Crippen molar-refractivity contribution in [3.8, 4) is 5.75 Å². The van der Waals surface area contributed by atoms with E-state index in [9.17, 15) is 9.59 Å². The van der Waals surface area contributed by atoms with Gasteiger partial charge in [0.2, 0.25) is 5.91 Å². The smallest absolute Gasteiger partial charge is 0.275 e. The van der Waals surface area contributed by atoms with Crippen LogP contribution in [0.25, 0.3) is 0 Å². The van der Waals surface area contributed by atoms with Crippen molar-refractivity contribution in [2.24, 2.45) is 0 Å². The molecule has 1 unspecified atom stereocenters. The SMILES string of the molecule is CCOc1ccc(C[NH+](C)CC(=O)NCC(=O)Nc2cccc(Cl)c2C)cc1. The molecule has 28 heavy (non-hydrogen) atoms. The predicted octanol–water partition coefficient (Wildman–Crippen LogP) is 1.82. The first kappa shape index (κ1) is 21.7. The van der Waals surface area contributed by atoms with E-state index in [2.05, 4.69) is 10.6 Å². The third kappa shape index (κ3) is 6.87. The number of anilines is 1. The molecule has 2 aromatic carbocycles. The molecule has 1 atom stereocenters. The molecule has 0 aliphatic rings. The normalized spacial score (nSPS) is 11.6.